The van der Waals surface area contributed by atoms with Crippen molar-refractivity contribution < 1.29 is 32.7 Å². The summed E-state index contributed by atoms with van der Waals surface area (Å²) in [7, 11) is -3.69. The Morgan fingerprint density at radius 1 is 0.808 bits per heavy atom. The number of hydrogen-bond acceptors (Lipinski definition) is 7. The Morgan fingerprint density at radius 2 is 1.23 bits per heavy atom. The van der Waals surface area contributed by atoms with Crippen LogP contribution in [0.15, 0.2) is 18.2 Å². The van der Waals surface area contributed by atoms with E-state index in [9.17, 15) is 14.2 Å². The molecule has 7 nitrogen and oxygen atoms in total. The van der Waals surface area contributed by atoms with Gasteiger partial charge < -0.3 is 18.5 Å². The molecule has 0 saturated heterocycles. The third kappa shape index (κ3) is 6.24. The van der Waals surface area contributed by atoms with E-state index in [0.29, 0.717) is 12.8 Å². The molecule has 0 amide bonds. The van der Waals surface area contributed by atoms with Crippen molar-refractivity contribution in [2.24, 2.45) is 0 Å². The predicted molar refractivity (Wildman–Crippen MR) is 98.1 cm³/mol. The van der Waals surface area contributed by atoms with Gasteiger partial charge in [0.25, 0.3) is 0 Å². The number of esters is 2. The summed E-state index contributed by atoms with van der Waals surface area (Å²) in [5.74, 6) is -1.25. The summed E-state index contributed by atoms with van der Waals surface area (Å²) >= 11 is 0. The molecule has 0 aromatic heterocycles. The largest absolute Gasteiger partial charge is 0.462 e. The average Bonchev–Trinajstić information content (AvgIpc) is 2.64. The van der Waals surface area contributed by atoms with Crippen LogP contribution in [0.25, 0.3) is 0 Å². The minimum absolute atomic E-state index is 0.0906. The summed E-state index contributed by atoms with van der Waals surface area (Å²) in [5.41, 5.74) is 0.181. The SMILES string of the molecule is CCCOP(=O)(OCCC)c1cc(C(=O)OCC)cc(C(=O)OCC)c1. The predicted octanol–water partition coefficient (Wildman–Crippen LogP) is 3.71. The van der Waals surface area contributed by atoms with Crippen molar-refractivity contribution in [1.29, 1.82) is 0 Å². The quantitative estimate of drug-likeness (QED) is 0.423. The molecule has 1 aromatic carbocycles. The Morgan fingerprint density at radius 3 is 1.58 bits per heavy atom. The molecule has 0 aliphatic heterocycles. The first-order valence-electron chi connectivity index (χ1n) is 8.80. The molecule has 0 atom stereocenters. The monoisotopic (exact) mass is 386 g/mol. The van der Waals surface area contributed by atoms with Gasteiger partial charge >= 0.3 is 19.5 Å². The molecule has 0 N–H and O–H groups in total. The molecule has 0 saturated carbocycles. The molecular formula is C18H27O7P. The molecular weight excluding hydrogens is 359 g/mol. The number of ether oxygens (including phenoxy) is 2. The van der Waals surface area contributed by atoms with Gasteiger partial charge in [0.2, 0.25) is 0 Å². The normalized spacial score (nSPS) is 11.2. The first-order valence-corrected chi connectivity index (χ1v) is 10.3. The van der Waals surface area contributed by atoms with Gasteiger partial charge in [-0.05, 0) is 44.9 Å². The lowest BCUT2D eigenvalue weighted by atomic mass is 10.1. The van der Waals surface area contributed by atoms with Gasteiger partial charge in [-0.3, -0.25) is 4.57 Å². The lowest BCUT2D eigenvalue weighted by molar-refractivity contribution is 0.0525. The first-order chi connectivity index (χ1) is 12.4. The first kappa shape index (κ1) is 22.4. The second kappa shape index (κ2) is 11.1. The van der Waals surface area contributed by atoms with E-state index in [4.69, 9.17) is 18.5 Å². The third-order valence-corrected chi connectivity index (χ3v) is 5.12. The van der Waals surface area contributed by atoms with Crippen LogP contribution in [0.4, 0.5) is 0 Å². The van der Waals surface area contributed by atoms with Crippen LogP contribution in [0.5, 0.6) is 0 Å². The lowest BCUT2D eigenvalue weighted by Crippen LogP contribution is -2.18. The smallest absolute Gasteiger partial charge is 0.361 e. The number of benzene rings is 1. The lowest BCUT2D eigenvalue weighted by Gasteiger charge is -2.19. The Balaban J connectivity index is 3.41. The van der Waals surface area contributed by atoms with E-state index in [1.165, 1.54) is 18.2 Å². The zero-order valence-electron chi connectivity index (χ0n) is 15.8. The van der Waals surface area contributed by atoms with Gasteiger partial charge in [0.15, 0.2) is 0 Å². The Labute approximate surface area is 154 Å². The van der Waals surface area contributed by atoms with E-state index in [-0.39, 0.29) is 42.9 Å². The molecule has 146 valence electrons. The third-order valence-electron chi connectivity index (χ3n) is 3.19. The highest BCUT2D eigenvalue weighted by molar-refractivity contribution is 7.62. The number of carbonyl (C=O) groups excluding carboxylic acids is 2. The highest BCUT2D eigenvalue weighted by Crippen LogP contribution is 2.47. The van der Waals surface area contributed by atoms with E-state index >= 15 is 0 Å². The van der Waals surface area contributed by atoms with Crippen LogP contribution in [0.3, 0.4) is 0 Å². The van der Waals surface area contributed by atoms with Gasteiger partial charge in [-0.2, -0.15) is 0 Å². The van der Waals surface area contributed by atoms with Crippen molar-refractivity contribution >= 4 is 24.8 Å². The molecule has 1 rings (SSSR count). The van der Waals surface area contributed by atoms with Crippen LogP contribution in [-0.4, -0.2) is 38.4 Å². The standard InChI is InChI=1S/C18H27O7P/c1-5-9-24-26(21,25-10-6-2)16-12-14(17(19)22-7-3)11-15(13-16)18(20)23-8-4/h11-13H,5-10H2,1-4H3. The van der Waals surface area contributed by atoms with Gasteiger partial charge in [0.05, 0.1) is 42.9 Å². The summed E-state index contributed by atoms with van der Waals surface area (Å²) < 4.78 is 34.2. The van der Waals surface area contributed by atoms with Gasteiger partial charge in [0.1, 0.15) is 0 Å². The molecule has 0 unspecified atom stereocenters. The Bertz CT molecular complexity index is 609. The minimum Gasteiger partial charge on any atom is -0.462 e. The summed E-state index contributed by atoms with van der Waals surface area (Å²) in [5, 5.41) is 0.132. The zero-order chi connectivity index (χ0) is 19.6. The summed E-state index contributed by atoms with van der Waals surface area (Å²) in [4.78, 5) is 24.3. The molecule has 8 heteroatoms. The average molecular weight is 386 g/mol. The molecule has 0 aliphatic rings. The minimum atomic E-state index is -3.69. The van der Waals surface area contributed by atoms with Crippen LogP contribution in [0, 0.1) is 0 Å². The van der Waals surface area contributed by atoms with Crippen molar-refractivity contribution in [3.63, 3.8) is 0 Å². The number of hydrogen-bond donors (Lipinski definition) is 0. The summed E-state index contributed by atoms with van der Waals surface area (Å²) in [6.45, 7) is 7.90. The highest BCUT2D eigenvalue weighted by Gasteiger charge is 2.30. The second-order valence-electron chi connectivity index (χ2n) is 5.37. The maximum Gasteiger partial charge on any atom is 0.361 e. The molecule has 0 aliphatic carbocycles. The van der Waals surface area contributed by atoms with Crippen molar-refractivity contribution in [3.05, 3.63) is 29.3 Å². The molecule has 0 bridgehead atoms. The maximum absolute atomic E-state index is 13.2. The molecule has 1 aromatic rings. The van der Waals surface area contributed by atoms with Crippen LogP contribution in [0.2, 0.25) is 0 Å². The van der Waals surface area contributed by atoms with Crippen LogP contribution < -0.4 is 5.30 Å². The zero-order valence-corrected chi connectivity index (χ0v) is 16.7. The van der Waals surface area contributed by atoms with E-state index in [1.807, 2.05) is 13.8 Å². The Kier molecular flexibility index (Phi) is 9.55. The molecule has 0 spiro atoms. The van der Waals surface area contributed by atoms with Gasteiger partial charge in [0, 0.05) is 0 Å². The van der Waals surface area contributed by atoms with E-state index in [2.05, 4.69) is 0 Å². The maximum atomic E-state index is 13.2. The van der Waals surface area contributed by atoms with Crippen molar-refractivity contribution in [1.82, 2.24) is 0 Å². The van der Waals surface area contributed by atoms with Crippen molar-refractivity contribution in [3.8, 4) is 0 Å². The number of rotatable bonds is 11. The fourth-order valence-electron chi connectivity index (χ4n) is 2.04. The molecule has 0 fully saturated rings. The van der Waals surface area contributed by atoms with Gasteiger partial charge in [-0.15, -0.1) is 0 Å². The summed E-state index contributed by atoms with van der Waals surface area (Å²) in [6.07, 6.45) is 1.28. The molecule has 0 radical (unpaired) electrons. The van der Waals surface area contributed by atoms with Crippen LogP contribution >= 0.6 is 7.60 Å². The topological polar surface area (TPSA) is 88.1 Å². The van der Waals surface area contributed by atoms with E-state index in [1.54, 1.807) is 13.8 Å². The van der Waals surface area contributed by atoms with E-state index in [0.717, 1.165) is 0 Å². The summed E-state index contributed by atoms with van der Waals surface area (Å²) in [6, 6.07) is 4.11. The Hall–Kier alpha value is -1.69. The van der Waals surface area contributed by atoms with Gasteiger partial charge in [-0.25, -0.2) is 9.59 Å². The van der Waals surface area contributed by atoms with Crippen LogP contribution in [0.1, 0.15) is 61.3 Å². The highest BCUT2D eigenvalue weighted by atomic mass is 31.2. The van der Waals surface area contributed by atoms with Crippen molar-refractivity contribution in [2.75, 3.05) is 26.4 Å². The van der Waals surface area contributed by atoms with E-state index < -0.39 is 19.5 Å². The fourth-order valence-corrected chi connectivity index (χ4v) is 3.86. The molecule has 26 heavy (non-hydrogen) atoms. The molecule has 0 heterocycles. The van der Waals surface area contributed by atoms with Gasteiger partial charge in [-0.1, -0.05) is 13.8 Å². The second-order valence-corrected chi connectivity index (χ2v) is 7.40. The van der Waals surface area contributed by atoms with Crippen molar-refractivity contribution in [2.45, 2.75) is 40.5 Å². The number of carbonyl (C=O) groups is 2. The van der Waals surface area contributed by atoms with Crippen LogP contribution in [-0.2, 0) is 23.1 Å². The fraction of sp³-hybridized carbons (Fsp3) is 0.556.